The lowest BCUT2D eigenvalue weighted by Gasteiger charge is -2.16. The first-order chi connectivity index (χ1) is 11.1. The Bertz CT molecular complexity index is 680. The molecule has 2 aromatic rings. The Hall–Kier alpha value is -2.14. The number of nitrogens with one attached hydrogen (secondary N) is 1. The molecular weight excluding hydrogens is 308 g/mol. The van der Waals surface area contributed by atoms with Crippen molar-refractivity contribution in [3.8, 4) is 0 Å². The number of amides is 2. The first-order valence-electron chi connectivity index (χ1n) is 7.85. The third-order valence-corrected chi connectivity index (χ3v) is 5.09. The highest BCUT2D eigenvalue weighted by atomic mass is 32.1. The molecule has 1 aliphatic rings. The number of benzene rings is 1. The van der Waals surface area contributed by atoms with Gasteiger partial charge in [0, 0.05) is 23.5 Å². The molecule has 1 aromatic heterocycles. The van der Waals surface area contributed by atoms with Crippen LogP contribution in [0.1, 0.15) is 36.2 Å². The van der Waals surface area contributed by atoms with Gasteiger partial charge < -0.3 is 10.2 Å². The van der Waals surface area contributed by atoms with E-state index < -0.39 is 0 Å². The van der Waals surface area contributed by atoms with E-state index in [2.05, 4.69) is 5.32 Å². The summed E-state index contributed by atoms with van der Waals surface area (Å²) in [5.41, 5.74) is 1.87. The maximum absolute atomic E-state index is 12.1. The minimum atomic E-state index is 0.0101. The molecule has 5 heteroatoms. The fourth-order valence-electron chi connectivity index (χ4n) is 2.80. The van der Waals surface area contributed by atoms with Crippen molar-refractivity contribution in [3.05, 3.63) is 52.2 Å². The third-order valence-electron chi connectivity index (χ3n) is 4.03. The second-order valence-corrected chi connectivity index (χ2v) is 6.78. The van der Waals surface area contributed by atoms with Gasteiger partial charge in [-0.3, -0.25) is 9.59 Å². The molecule has 0 spiro atoms. The predicted octanol–water partition coefficient (Wildman–Crippen LogP) is 3.29. The monoisotopic (exact) mass is 328 g/mol. The topological polar surface area (TPSA) is 49.4 Å². The average molecular weight is 328 g/mol. The number of hydrogen-bond donors (Lipinski definition) is 1. The Balaban J connectivity index is 1.57. The molecule has 1 aromatic carbocycles. The number of anilines is 1. The van der Waals surface area contributed by atoms with Crippen LogP contribution >= 0.6 is 11.3 Å². The smallest absolute Gasteiger partial charge is 0.227 e. The van der Waals surface area contributed by atoms with Crippen molar-refractivity contribution >= 4 is 28.8 Å². The third kappa shape index (κ3) is 3.79. The summed E-state index contributed by atoms with van der Waals surface area (Å²) < 4.78 is 0. The van der Waals surface area contributed by atoms with Gasteiger partial charge in [-0.25, -0.2) is 0 Å². The summed E-state index contributed by atoms with van der Waals surface area (Å²) in [4.78, 5) is 26.8. The van der Waals surface area contributed by atoms with Crippen LogP contribution in [0, 0.1) is 0 Å². The van der Waals surface area contributed by atoms with Crippen LogP contribution in [-0.2, 0) is 16.0 Å². The molecule has 1 aliphatic heterocycles. The van der Waals surface area contributed by atoms with Crippen molar-refractivity contribution in [1.29, 1.82) is 0 Å². The number of hydrogen-bond acceptors (Lipinski definition) is 3. The van der Waals surface area contributed by atoms with Crippen LogP contribution in [0.5, 0.6) is 0 Å². The van der Waals surface area contributed by atoms with Gasteiger partial charge in [0.05, 0.1) is 12.5 Å². The van der Waals surface area contributed by atoms with Gasteiger partial charge in [-0.05, 0) is 42.5 Å². The fourth-order valence-corrected chi connectivity index (χ4v) is 3.54. The number of rotatable bonds is 5. The van der Waals surface area contributed by atoms with Crippen LogP contribution in [0.2, 0.25) is 0 Å². The van der Waals surface area contributed by atoms with Gasteiger partial charge in [-0.15, -0.1) is 11.3 Å². The van der Waals surface area contributed by atoms with Crippen LogP contribution in [0.4, 0.5) is 5.69 Å². The molecule has 1 atom stereocenters. The second-order valence-electron chi connectivity index (χ2n) is 5.80. The Morgan fingerprint density at radius 3 is 2.70 bits per heavy atom. The van der Waals surface area contributed by atoms with Crippen LogP contribution in [-0.4, -0.2) is 18.4 Å². The van der Waals surface area contributed by atoms with E-state index >= 15 is 0 Å². The van der Waals surface area contributed by atoms with Crippen LogP contribution in [0.25, 0.3) is 0 Å². The zero-order valence-electron chi connectivity index (χ0n) is 13.1. The average Bonchev–Trinajstić information content (AvgIpc) is 3.19. The van der Waals surface area contributed by atoms with E-state index in [9.17, 15) is 9.59 Å². The normalized spacial score (nSPS) is 15.7. The Labute approximate surface area is 140 Å². The molecule has 1 saturated heterocycles. The molecule has 0 bridgehead atoms. The standard InChI is InChI=1S/C18H20N2O2S/c1-13(16-4-3-11-23-16)19-17(21)12-14-6-8-15(9-7-14)20-10-2-5-18(20)22/h3-4,6-9,11,13H,2,5,10,12H2,1H3,(H,19,21). The second kappa shape index (κ2) is 6.96. The predicted molar refractivity (Wildman–Crippen MR) is 92.6 cm³/mol. The maximum atomic E-state index is 12.1. The summed E-state index contributed by atoms with van der Waals surface area (Å²) in [6, 6.07) is 11.7. The Kier molecular flexibility index (Phi) is 4.76. The molecular formula is C18H20N2O2S. The van der Waals surface area contributed by atoms with Crippen molar-refractivity contribution in [1.82, 2.24) is 5.32 Å². The van der Waals surface area contributed by atoms with E-state index in [0.717, 1.165) is 29.1 Å². The molecule has 1 unspecified atom stereocenters. The van der Waals surface area contributed by atoms with Crippen molar-refractivity contribution in [2.45, 2.75) is 32.2 Å². The number of nitrogens with zero attached hydrogens (tertiary/aromatic N) is 1. The van der Waals surface area contributed by atoms with E-state index in [-0.39, 0.29) is 17.9 Å². The van der Waals surface area contributed by atoms with E-state index in [1.807, 2.05) is 53.6 Å². The Morgan fingerprint density at radius 2 is 2.09 bits per heavy atom. The highest BCUT2D eigenvalue weighted by molar-refractivity contribution is 7.10. The first-order valence-corrected chi connectivity index (χ1v) is 8.73. The number of thiophene rings is 1. The van der Waals surface area contributed by atoms with Crippen molar-refractivity contribution in [2.24, 2.45) is 0 Å². The molecule has 0 radical (unpaired) electrons. The van der Waals surface area contributed by atoms with Gasteiger partial charge in [0.1, 0.15) is 0 Å². The summed E-state index contributed by atoms with van der Waals surface area (Å²) in [5, 5.41) is 5.02. The summed E-state index contributed by atoms with van der Waals surface area (Å²) in [5.74, 6) is 0.191. The van der Waals surface area contributed by atoms with E-state index in [1.54, 1.807) is 11.3 Å². The molecule has 2 amide bonds. The quantitative estimate of drug-likeness (QED) is 0.915. The van der Waals surface area contributed by atoms with E-state index in [4.69, 9.17) is 0 Å². The molecule has 1 N–H and O–H groups in total. The Morgan fingerprint density at radius 1 is 1.30 bits per heavy atom. The minimum absolute atomic E-state index is 0.0101. The molecule has 4 nitrogen and oxygen atoms in total. The number of carbonyl (C=O) groups is 2. The van der Waals surface area contributed by atoms with Gasteiger partial charge in [-0.1, -0.05) is 18.2 Å². The van der Waals surface area contributed by atoms with Crippen LogP contribution in [0.15, 0.2) is 41.8 Å². The van der Waals surface area contributed by atoms with Gasteiger partial charge in [0.15, 0.2) is 0 Å². The molecule has 23 heavy (non-hydrogen) atoms. The van der Waals surface area contributed by atoms with Crippen LogP contribution in [0.3, 0.4) is 0 Å². The fraction of sp³-hybridized carbons (Fsp3) is 0.333. The number of carbonyl (C=O) groups excluding carboxylic acids is 2. The largest absolute Gasteiger partial charge is 0.348 e. The summed E-state index contributed by atoms with van der Waals surface area (Å²) >= 11 is 1.64. The zero-order valence-corrected chi connectivity index (χ0v) is 13.9. The van der Waals surface area contributed by atoms with Crippen molar-refractivity contribution in [3.63, 3.8) is 0 Å². The lowest BCUT2D eigenvalue weighted by atomic mass is 10.1. The summed E-state index contributed by atoms with van der Waals surface area (Å²) in [7, 11) is 0. The lowest BCUT2D eigenvalue weighted by molar-refractivity contribution is -0.121. The molecule has 120 valence electrons. The summed E-state index contributed by atoms with van der Waals surface area (Å²) in [6.07, 6.45) is 1.90. The highest BCUT2D eigenvalue weighted by Crippen LogP contribution is 2.22. The van der Waals surface area contributed by atoms with Crippen molar-refractivity contribution in [2.75, 3.05) is 11.4 Å². The lowest BCUT2D eigenvalue weighted by Crippen LogP contribution is -2.27. The highest BCUT2D eigenvalue weighted by Gasteiger charge is 2.21. The van der Waals surface area contributed by atoms with Crippen LogP contribution < -0.4 is 10.2 Å². The van der Waals surface area contributed by atoms with Gasteiger partial charge in [-0.2, -0.15) is 0 Å². The van der Waals surface area contributed by atoms with Gasteiger partial charge in [0.25, 0.3) is 0 Å². The zero-order chi connectivity index (χ0) is 16.2. The minimum Gasteiger partial charge on any atom is -0.348 e. The molecule has 0 aliphatic carbocycles. The summed E-state index contributed by atoms with van der Waals surface area (Å²) in [6.45, 7) is 2.78. The van der Waals surface area contributed by atoms with Gasteiger partial charge >= 0.3 is 0 Å². The van der Waals surface area contributed by atoms with Gasteiger partial charge in [0.2, 0.25) is 11.8 Å². The van der Waals surface area contributed by atoms with Crippen molar-refractivity contribution < 1.29 is 9.59 Å². The molecule has 3 rings (SSSR count). The maximum Gasteiger partial charge on any atom is 0.227 e. The first kappa shape index (κ1) is 15.7. The van der Waals surface area contributed by atoms with E-state index in [1.165, 1.54) is 0 Å². The SMILES string of the molecule is CC(NC(=O)Cc1ccc(N2CCCC2=O)cc1)c1cccs1. The molecule has 2 heterocycles. The van der Waals surface area contributed by atoms with E-state index in [0.29, 0.717) is 12.8 Å². The molecule has 1 fully saturated rings. The molecule has 0 saturated carbocycles.